The average molecular weight is 369 g/mol. The predicted molar refractivity (Wildman–Crippen MR) is 104 cm³/mol. The van der Waals surface area contributed by atoms with E-state index in [1.807, 2.05) is 34.9 Å². The third-order valence-electron chi connectivity index (χ3n) is 5.03. The molecule has 4 rings (SSSR count). The molecular weight excluding hydrogens is 346 g/mol. The summed E-state index contributed by atoms with van der Waals surface area (Å²) in [5, 5.41) is 0. The van der Waals surface area contributed by atoms with Crippen LogP contribution in [0.3, 0.4) is 0 Å². The molecule has 3 aromatic rings. The van der Waals surface area contributed by atoms with Gasteiger partial charge in [0.1, 0.15) is 0 Å². The molecule has 0 N–H and O–H groups in total. The fraction of sp³-hybridized carbons (Fsp3) is 0.421. The van der Waals surface area contributed by atoms with Crippen LogP contribution in [0.2, 0.25) is 0 Å². The highest BCUT2D eigenvalue weighted by Crippen LogP contribution is 2.32. The van der Waals surface area contributed by atoms with Crippen LogP contribution in [0.4, 0.5) is 11.6 Å². The summed E-state index contributed by atoms with van der Waals surface area (Å²) in [6.07, 6.45) is 0. The maximum atomic E-state index is 13.1. The van der Waals surface area contributed by atoms with Crippen LogP contribution in [0.25, 0.3) is 11.2 Å². The van der Waals surface area contributed by atoms with Gasteiger partial charge in [-0.05, 0) is 18.1 Å². The van der Waals surface area contributed by atoms with Crippen LogP contribution in [0, 0.1) is 5.92 Å². The Labute approximate surface area is 156 Å². The minimum Gasteiger partial charge on any atom is -0.383 e. The van der Waals surface area contributed by atoms with E-state index in [1.165, 1.54) is 9.13 Å². The molecule has 0 saturated heterocycles. The first-order valence-electron chi connectivity index (χ1n) is 9.04. The largest absolute Gasteiger partial charge is 0.383 e. The number of nitrogens with zero attached hydrogens (tertiary/aromatic N) is 5. The van der Waals surface area contributed by atoms with E-state index in [2.05, 4.69) is 11.8 Å². The summed E-state index contributed by atoms with van der Waals surface area (Å²) in [5.74, 6) is 1.03. The zero-order valence-electron chi connectivity index (χ0n) is 15.8. The number of fused-ring (bicyclic) bond motifs is 3. The molecule has 8 nitrogen and oxygen atoms in total. The number of hydrogen-bond acceptors (Lipinski definition) is 5. The van der Waals surface area contributed by atoms with Gasteiger partial charge in [-0.3, -0.25) is 13.9 Å². The second kappa shape index (κ2) is 6.70. The van der Waals surface area contributed by atoms with Gasteiger partial charge in [-0.25, -0.2) is 4.79 Å². The number of methoxy groups -OCH3 is 1. The Morgan fingerprint density at radius 3 is 2.63 bits per heavy atom. The number of hydrogen-bond donors (Lipinski definition) is 0. The molecular formula is C19H23N5O3. The van der Waals surface area contributed by atoms with Crippen LogP contribution in [0.5, 0.6) is 0 Å². The molecule has 0 aliphatic carbocycles. The number of anilines is 2. The molecule has 0 radical (unpaired) electrons. The number of ether oxygens (including phenoxy) is 1. The van der Waals surface area contributed by atoms with E-state index in [9.17, 15) is 9.59 Å². The molecule has 1 aromatic carbocycles. The highest BCUT2D eigenvalue weighted by atomic mass is 16.5. The van der Waals surface area contributed by atoms with E-state index in [0.717, 1.165) is 12.2 Å². The summed E-state index contributed by atoms with van der Waals surface area (Å²) in [7, 11) is 3.21. The standard InChI is InChI=1S/C19H23N5O3/c1-13-11-23(14-7-5-4-6-8-14)18-20-16-15(24(18)12-13)17(25)22(9-10-27-3)19(26)21(16)2/h4-8,13H,9-12H2,1-3H3/t13-/m0/s1. The Balaban J connectivity index is 1.98. The maximum Gasteiger partial charge on any atom is 0.332 e. The van der Waals surface area contributed by atoms with Gasteiger partial charge in [-0.15, -0.1) is 0 Å². The van der Waals surface area contributed by atoms with Crippen LogP contribution in [0.15, 0.2) is 39.9 Å². The smallest absolute Gasteiger partial charge is 0.332 e. The molecule has 0 saturated carbocycles. The van der Waals surface area contributed by atoms with Crippen molar-refractivity contribution in [3.05, 3.63) is 51.2 Å². The number of rotatable bonds is 4. The van der Waals surface area contributed by atoms with Crippen molar-refractivity contribution >= 4 is 22.8 Å². The number of benzene rings is 1. The van der Waals surface area contributed by atoms with Gasteiger partial charge in [0.05, 0.1) is 13.2 Å². The SMILES string of the molecule is COCCn1c(=O)c2c(nc3n2C[C@@H](C)CN3c2ccccc2)n(C)c1=O. The highest BCUT2D eigenvalue weighted by molar-refractivity contribution is 5.77. The Kier molecular flexibility index (Phi) is 4.35. The van der Waals surface area contributed by atoms with Crippen LogP contribution >= 0.6 is 0 Å². The van der Waals surface area contributed by atoms with E-state index in [1.54, 1.807) is 14.2 Å². The number of para-hydroxylation sites is 1. The molecule has 0 bridgehead atoms. The minimum absolute atomic E-state index is 0.219. The van der Waals surface area contributed by atoms with Crippen LogP contribution in [0.1, 0.15) is 6.92 Å². The average Bonchev–Trinajstić information content (AvgIpc) is 3.06. The van der Waals surface area contributed by atoms with Crippen molar-refractivity contribution in [2.75, 3.05) is 25.2 Å². The van der Waals surface area contributed by atoms with Gasteiger partial charge >= 0.3 is 5.69 Å². The van der Waals surface area contributed by atoms with Crippen LogP contribution in [-0.2, 0) is 24.9 Å². The van der Waals surface area contributed by atoms with Gasteiger partial charge in [0.25, 0.3) is 5.56 Å². The molecule has 1 aliphatic heterocycles. The lowest BCUT2D eigenvalue weighted by atomic mass is 10.1. The monoisotopic (exact) mass is 369 g/mol. The molecule has 0 spiro atoms. The summed E-state index contributed by atoms with van der Waals surface area (Å²) in [5.41, 5.74) is 1.22. The van der Waals surface area contributed by atoms with Gasteiger partial charge in [-0.1, -0.05) is 25.1 Å². The molecule has 3 heterocycles. The fourth-order valence-electron chi connectivity index (χ4n) is 3.71. The lowest BCUT2D eigenvalue weighted by Crippen LogP contribution is -2.41. The van der Waals surface area contributed by atoms with Gasteiger partial charge in [0, 0.05) is 32.9 Å². The van der Waals surface area contributed by atoms with Gasteiger partial charge in [0.2, 0.25) is 5.95 Å². The first-order valence-corrected chi connectivity index (χ1v) is 9.04. The number of aromatic nitrogens is 4. The van der Waals surface area contributed by atoms with Crippen molar-refractivity contribution in [2.45, 2.75) is 20.0 Å². The molecule has 0 fully saturated rings. The van der Waals surface area contributed by atoms with Crippen LogP contribution in [-0.4, -0.2) is 38.9 Å². The second-order valence-corrected chi connectivity index (χ2v) is 7.04. The molecule has 142 valence electrons. The third kappa shape index (κ3) is 2.76. The molecule has 1 atom stereocenters. The van der Waals surface area contributed by atoms with Crippen molar-refractivity contribution in [1.29, 1.82) is 0 Å². The summed E-state index contributed by atoms with van der Waals surface area (Å²) < 4.78 is 9.68. The molecule has 0 unspecified atom stereocenters. The van der Waals surface area contributed by atoms with Gasteiger partial charge in [0.15, 0.2) is 11.2 Å². The number of aryl methyl sites for hydroxylation is 1. The predicted octanol–water partition coefficient (Wildman–Crippen LogP) is 1.33. The Bertz CT molecular complexity index is 1100. The lowest BCUT2D eigenvalue weighted by Gasteiger charge is -2.32. The van der Waals surface area contributed by atoms with Gasteiger partial charge in [-0.2, -0.15) is 4.98 Å². The molecule has 8 heteroatoms. The van der Waals surface area contributed by atoms with Crippen molar-refractivity contribution in [2.24, 2.45) is 13.0 Å². The zero-order valence-corrected chi connectivity index (χ0v) is 15.8. The minimum atomic E-state index is -0.376. The fourth-order valence-corrected chi connectivity index (χ4v) is 3.71. The molecule has 0 amide bonds. The summed E-state index contributed by atoms with van der Waals surface area (Å²) in [6.45, 7) is 4.16. The van der Waals surface area contributed by atoms with Gasteiger partial charge < -0.3 is 14.2 Å². The summed E-state index contributed by atoms with van der Waals surface area (Å²) in [4.78, 5) is 32.6. The topological polar surface area (TPSA) is 74.3 Å². The van der Waals surface area contributed by atoms with E-state index in [4.69, 9.17) is 9.72 Å². The Morgan fingerprint density at radius 2 is 1.93 bits per heavy atom. The van der Waals surface area contributed by atoms with E-state index in [0.29, 0.717) is 36.2 Å². The second-order valence-electron chi connectivity index (χ2n) is 7.04. The van der Waals surface area contributed by atoms with E-state index < -0.39 is 0 Å². The first-order chi connectivity index (χ1) is 13.0. The van der Waals surface area contributed by atoms with Crippen molar-refractivity contribution in [1.82, 2.24) is 18.7 Å². The molecule has 2 aromatic heterocycles. The summed E-state index contributed by atoms with van der Waals surface area (Å²) in [6, 6.07) is 9.98. The third-order valence-corrected chi connectivity index (χ3v) is 5.03. The lowest BCUT2D eigenvalue weighted by molar-refractivity contribution is 0.184. The summed E-state index contributed by atoms with van der Waals surface area (Å²) >= 11 is 0. The van der Waals surface area contributed by atoms with Crippen molar-refractivity contribution in [3.63, 3.8) is 0 Å². The number of imidazole rings is 1. The normalized spacial score (nSPS) is 16.7. The zero-order chi connectivity index (χ0) is 19.1. The van der Waals surface area contributed by atoms with Crippen molar-refractivity contribution < 1.29 is 4.74 Å². The van der Waals surface area contributed by atoms with E-state index >= 15 is 0 Å². The van der Waals surface area contributed by atoms with Crippen molar-refractivity contribution in [3.8, 4) is 0 Å². The van der Waals surface area contributed by atoms with Crippen LogP contribution < -0.4 is 16.1 Å². The first kappa shape index (κ1) is 17.5. The Morgan fingerprint density at radius 1 is 1.19 bits per heavy atom. The quantitative estimate of drug-likeness (QED) is 0.694. The highest BCUT2D eigenvalue weighted by Gasteiger charge is 2.29. The maximum absolute atomic E-state index is 13.1. The van der Waals surface area contributed by atoms with E-state index in [-0.39, 0.29) is 17.8 Å². The molecule has 27 heavy (non-hydrogen) atoms. The Hall–Kier alpha value is -2.87. The molecule has 1 aliphatic rings.